The van der Waals surface area contributed by atoms with Gasteiger partial charge in [0.25, 0.3) is 0 Å². The lowest BCUT2D eigenvalue weighted by atomic mass is 10.3. The van der Waals surface area contributed by atoms with E-state index in [2.05, 4.69) is 41.6 Å². The smallest absolute Gasteiger partial charge is 0.246 e. The van der Waals surface area contributed by atoms with Gasteiger partial charge < -0.3 is 14.4 Å². The molecule has 0 radical (unpaired) electrons. The topological polar surface area (TPSA) is 55.9 Å². The van der Waals surface area contributed by atoms with E-state index in [-0.39, 0.29) is 0 Å². The van der Waals surface area contributed by atoms with E-state index in [1.54, 1.807) is 0 Å². The summed E-state index contributed by atoms with van der Waals surface area (Å²) in [4.78, 5) is 4.18. The minimum atomic E-state index is 0.497. The number of nitrogens with one attached hydrogen (secondary N) is 1. The zero-order chi connectivity index (χ0) is 12.3. The van der Waals surface area contributed by atoms with Gasteiger partial charge in [-0.05, 0) is 18.6 Å². The van der Waals surface area contributed by atoms with Crippen LogP contribution in [0, 0.1) is 6.92 Å². The number of hydrogen-bond donors (Lipinski definition) is 1. The van der Waals surface area contributed by atoms with E-state index in [1.165, 1.54) is 5.56 Å². The van der Waals surface area contributed by atoms with E-state index in [9.17, 15) is 0 Å². The Balaban J connectivity index is 1.94. The van der Waals surface area contributed by atoms with Gasteiger partial charge >= 0.3 is 0 Å². The van der Waals surface area contributed by atoms with Gasteiger partial charge in [0.2, 0.25) is 5.89 Å². The van der Waals surface area contributed by atoms with Crippen LogP contribution in [0.4, 0.5) is 0 Å². The first-order chi connectivity index (χ1) is 8.13. The van der Waals surface area contributed by atoms with E-state index in [0.717, 1.165) is 6.54 Å². The largest absolute Gasteiger partial charge is 0.345 e. The van der Waals surface area contributed by atoms with E-state index in [0.29, 0.717) is 24.3 Å². The molecule has 0 aromatic carbocycles. The lowest BCUT2D eigenvalue weighted by Gasteiger charge is -2.05. The quantitative estimate of drug-likeness (QED) is 0.856. The summed E-state index contributed by atoms with van der Waals surface area (Å²) in [5.74, 6) is 1.32. The summed E-state index contributed by atoms with van der Waals surface area (Å²) in [6, 6.07) is 2.59. The van der Waals surface area contributed by atoms with Gasteiger partial charge in [-0.1, -0.05) is 19.0 Å². The summed E-state index contributed by atoms with van der Waals surface area (Å²) in [5, 5.41) is 7.15. The molecule has 0 aliphatic rings. The molecule has 0 aliphatic carbocycles. The highest BCUT2D eigenvalue weighted by Gasteiger charge is 2.04. The highest BCUT2D eigenvalue weighted by molar-refractivity contribution is 5.10. The van der Waals surface area contributed by atoms with Crippen molar-refractivity contribution < 1.29 is 4.52 Å². The number of hydrogen-bond acceptors (Lipinski definition) is 4. The van der Waals surface area contributed by atoms with Gasteiger partial charge in [0.15, 0.2) is 5.82 Å². The molecule has 1 N–H and O–H groups in total. The Kier molecular flexibility index (Phi) is 3.58. The van der Waals surface area contributed by atoms with Crippen LogP contribution in [0.5, 0.6) is 0 Å². The van der Waals surface area contributed by atoms with Gasteiger partial charge in [-0.2, -0.15) is 4.98 Å². The zero-order valence-corrected chi connectivity index (χ0v) is 10.5. The van der Waals surface area contributed by atoms with E-state index >= 15 is 0 Å². The van der Waals surface area contributed by atoms with Crippen molar-refractivity contribution in [1.82, 2.24) is 20.0 Å². The fourth-order valence-electron chi connectivity index (χ4n) is 1.58. The predicted molar refractivity (Wildman–Crippen MR) is 64.5 cm³/mol. The second-order valence-electron chi connectivity index (χ2n) is 4.46. The molecule has 2 heterocycles. The zero-order valence-electron chi connectivity index (χ0n) is 10.5. The first-order valence-electron chi connectivity index (χ1n) is 5.80. The molecule has 2 rings (SSSR count). The third-order valence-corrected chi connectivity index (χ3v) is 2.41. The highest BCUT2D eigenvalue weighted by atomic mass is 16.5. The molecule has 5 heteroatoms. The van der Waals surface area contributed by atoms with Gasteiger partial charge in [0.05, 0.1) is 0 Å². The maximum Gasteiger partial charge on any atom is 0.246 e. The number of rotatable bonds is 5. The summed E-state index contributed by atoms with van der Waals surface area (Å²) in [5.41, 5.74) is 1.26. The molecule has 0 saturated carbocycles. The molecule has 0 atom stereocenters. The fourth-order valence-corrected chi connectivity index (χ4v) is 1.58. The molecule has 5 nitrogen and oxygen atoms in total. The van der Waals surface area contributed by atoms with E-state index < -0.39 is 0 Å². The van der Waals surface area contributed by atoms with Crippen LogP contribution in [-0.2, 0) is 13.1 Å². The molecule has 0 fully saturated rings. The van der Waals surface area contributed by atoms with Crippen LogP contribution in [0.3, 0.4) is 0 Å². The molecule has 2 aromatic rings. The van der Waals surface area contributed by atoms with Crippen LogP contribution >= 0.6 is 0 Å². The van der Waals surface area contributed by atoms with Crippen LogP contribution in [0.25, 0.3) is 0 Å². The van der Waals surface area contributed by atoms with Crippen molar-refractivity contribution in [3.8, 4) is 0 Å². The Hall–Kier alpha value is -1.62. The normalized spacial score (nSPS) is 11.3. The van der Waals surface area contributed by atoms with Crippen molar-refractivity contribution in [2.75, 3.05) is 0 Å². The van der Waals surface area contributed by atoms with Crippen LogP contribution in [-0.4, -0.2) is 20.7 Å². The molecular formula is C12H18N4O. The Morgan fingerprint density at radius 3 is 2.94 bits per heavy atom. The van der Waals surface area contributed by atoms with E-state index in [1.807, 2.05) is 17.7 Å². The number of nitrogens with zero attached hydrogens (tertiary/aromatic N) is 3. The minimum Gasteiger partial charge on any atom is -0.345 e. The lowest BCUT2D eigenvalue weighted by molar-refractivity contribution is 0.368. The molecular weight excluding hydrogens is 216 g/mol. The molecule has 92 valence electrons. The Labute approximate surface area is 101 Å². The molecule has 0 bridgehead atoms. The molecule has 0 aliphatic heterocycles. The molecule has 17 heavy (non-hydrogen) atoms. The SMILES string of the molecule is Cc1noc(Cn2ccc(CNC(C)C)c2)n1. The first kappa shape index (κ1) is 11.9. The summed E-state index contributed by atoms with van der Waals surface area (Å²) in [7, 11) is 0. The lowest BCUT2D eigenvalue weighted by Crippen LogP contribution is -2.21. The minimum absolute atomic E-state index is 0.497. The standard InChI is InChI=1S/C12H18N4O/c1-9(2)13-6-11-4-5-16(7-11)8-12-14-10(3)15-17-12/h4-5,7,9,13H,6,8H2,1-3H3. The monoisotopic (exact) mass is 234 g/mol. The maximum absolute atomic E-state index is 5.08. The Bertz CT molecular complexity index is 472. The molecule has 0 saturated heterocycles. The van der Waals surface area contributed by atoms with Gasteiger partial charge in [-0.15, -0.1) is 0 Å². The van der Waals surface area contributed by atoms with Gasteiger partial charge in [-0.3, -0.25) is 0 Å². The third-order valence-electron chi connectivity index (χ3n) is 2.41. The summed E-state index contributed by atoms with van der Waals surface area (Å²) >= 11 is 0. The Morgan fingerprint density at radius 1 is 1.47 bits per heavy atom. The summed E-state index contributed by atoms with van der Waals surface area (Å²) in [6.45, 7) is 7.60. The van der Waals surface area contributed by atoms with Crippen LogP contribution in [0.2, 0.25) is 0 Å². The fraction of sp³-hybridized carbons (Fsp3) is 0.500. The van der Waals surface area contributed by atoms with Gasteiger partial charge in [-0.25, -0.2) is 0 Å². The summed E-state index contributed by atoms with van der Waals surface area (Å²) in [6.07, 6.45) is 4.12. The molecule has 2 aromatic heterocycles. The molecule has 0 spiro atoms. The van der Waals surface area contributed by atoms with Crippen molar-refractivity contribution in [2.45, 2.75) is 39.9 Å². The molecule has 0 unspecified atom stereocenters. The van der Waals surface area contributed by atoms with Crippen molar-refractivity contribution in [3.63, 3.8) is 0 Å². The average Bonchev–Trinajstić information content (AvgIpc) is 2.86. The second-order valence-corrected chi connectivity index (χ2v) is 4.46. The third kappa shape index (κ3) is 3.42. The van der Waals surface area contributed by atoms with Gasteiger partial charge in [0.1, 0.15) is 6.54 Å². The maximum atomic E-state index is 5.08. The predicted octanol–water partition coefficient (Wildman–Crippen LogP) is 1.73. The number of aryl methyl sites for hydroxylation is 1. The van der Waals surface area contributed by atoms with Gasteiger partial charge in [0, 0.05) is 25.0 Å². The van der Waals surface area contributed by atoms with Crippen molar-refractivity contribution in [1.29, 1.82) is 0 Å². The average molecular weight is 234 g/mol. The van der Waals surface area contributed by atoms with Crippen molar-refractivity contribution in [3.05, 3.63) is 35.7 Å². The molecule has 0 amide bonds. The van der Waals surface area contributed by atoms with Crippen LogP contribution < -0.4 is 5.32 Å². The van der Waals surface area contributed by atoms with E-state index in [4.69, 9.17) is 4.52 Å². The van der Waals surface area contributed by atoms with Crippen molar-refractivity contribution >= 4 is 0 Å². The Morgan fingerprint density at radius 2 is 2.29 bits per heavy atom. The number of aromatic nitrogens is 3. The highest BCUT2D eigenvalue weighted by Crippen LogP contribution is 2.05. The first-order valence-corrected chi connectivity index (χ1v) is 5.80. The summed E-state index contributed by atoms with van der Waals surface area (Å²) < 4.78 is 7.12. The van der Waals surface area contributed by atoms with Crippen LogP contribution in [0.15, 0.2) is 23.0 Å². The second kappa shape index (κ2) is 5.14. The van der Waals surface area contributed by atoms with Crippen molar-refractivity contribution in [2.24, 2.45) is 0 Å². The van der Waals surface area contributed by atoms with Crippen LogP contribution in [0.1, 0.15) is 31.1 Å².